The van der Waals surface area contributed by atoms with Crippen LogP contribution in [0.15, 0.2) is 65.7 Å². The van der Waals surface area contributed by atoms with Gasteiger partial charge in [-0.1, -0.05) is 41.9 Å². The van der Waals surface area contributed by atoms with Gasteiger partial charge in [0.25, 0.3) is 11.5 Å². The van der Waals surface area contributed by atoms with Crippen LogP contribution in [0, 0.1) is 5.92 Å². The molecule has 2 saturated heterocycles. The quantitative estimate of drug-likeness (QED) is 0.414. The third-order valence-corrected chi connectivity index (χ3v) is 7.95. The summed E-state index contributed by atoms with van der Waals surface area (Å²) in [6.45, 7) is -0.596. The molecule has 9 nitrogen and oxygen atoms in total. The molecule has 12 heteroatoms. The summed E-state index contributed by atoms with van der Waals surface area (Å²) < 4.78 is 37.4. The standard InChI is InChI=1S/C28H30ClF2N5O4/c29-19-6-8-20(9-7-19)40-24-23(32)26(38)36(17-34-24)15-27(39)11-13-35(16-28(27,30)31)25(37)21-10-12-33-14-22(21)18-4-2-1-3-5-18/h1-9,17,21-22,33,39H,10-16,32H2/t21-,22+,27+/m1/s1. The third-order valence-electron chi connectivity index (χ3n) is 7.70. The molecule has 0 unspecified atom stereocenters. The first-order valence-corrected chi connectivity index (χ1v) is 13.4. The van der Waals surface area contributed by atoms with Gasteiger partial charge in [0, 0.05) is 36.4 Å². The molecule has 2 aliphatic rings. The highest BCUT2D eigenvalue weighted by Crippen LogP contribution is 2.40. The highest BCUT2D eigenvalue weighted by molar-refractivity contribution is 6.30. The number of rotatable bonds is 6. The minimum absolute atomic E-state index is 0.0776. The van der Waals surface area contributed by atoms with Gasteiger partial charge >= 0.3 is 0 Å². The molecule has 5 rings (SSSR count). The Bertz CT molecular complexity index is 1420. The van der Waals surface area contributed by atoms with Crippen molar-refractivity contribution in [3.63, 3.8) is 0 Å². The van der Waals surface area contributed by atoms with Crippen LogP contribution >= 0.6 is 11.6 Å². The largest absolute Gasteiger partial charge is 0.437 e. The van der Waals surface area contributed by atoms with Gasteiger partial charge in [-0.3, -0.25) is 14.2 Å². The predicted octanol–water partition coefficient (Wildman–Crippen LogP) is 3.26. The van der Waals surface area contributed by atoms with Crippen molar-refractivity contribution in [3.05, 3.63) is 81.9 Å². The Hall–Kier alpha value is -3.54. The fraction of sp³-hybridized carbons (Fsp3) is 0.393. The van der Waals surface area contributed by atoms with Gasteiger partial charge in [-0.05, 0) is 42.8 Å². The number of likely N-dealkylation sites (tertiary alicyclic amines) is 1. The summed E-state index contributed by atoms with van der Waals surface area (Å²) in [4.78, 5) is 31.5. The molecule has 212 valence electrons. The zero-order valence-corrected chi connectivity index (χ0v) is 22.4. The van der Waals surface area contributed by atoms with Gasteiger partial charge in [-0.25, -0.2) is 13.8 Å². The number of carbonyl (C=O) groups is 1. The van der Waals surface area contributed by atoms with Gasteiger partial charge in [0.05, 0.1) is 13.1 Å². The zero-order valence-electron chi connectivity index (χ0n) is 21.6. The number of ether oxygens (including phenoxy) is 1. The third kappa shape index (κ3) is 5.54. The Balaban J connectivity index is 1.30. The first-order valence-electron chi connectivity index (χ1n) is 13.0. The minimum atomic E-state index is -3.69. The smallest absolute Gasteiger partial charge is 0.295 e. The number of hydrogen-bond donors (Lipinski definition) is 3. The molecule has 1 amide bonds. The summed E-state index contributed by atoms with van der Waals surface area (Å²) >= 11 is 5.86. The van der Waals surface area contributed by atoms with Gasteiger partial charge < -0.3 is 25.8 Å². The molecule has 0 radical (unpaired) electrons. The SMILES string of the molecule is Nc1c(Oc2ccc(Cl)cc2)ncn(C[C@@]2(O)CCN(C(=O)[C@@H]3CCNC[C@H]3c3ccccc3)CC2(F)F)c1=O. The summed E-state index contributed by atoms with van der Waals surface area (Å²) in [6, 6.07) is 15.8. The van der Waals surface area contributed by atoms with Gasteiger partial charge in [0.2, 0.25) is 11.8 Å². The Morgan fingerprint density at radius 3 is 2.62 bits per heavy atom. The van der Waals surface area contributed by atoms with Crippen molar-refractivity contribution < 1.29 is 23.4 Å². The number of hydrogen-bond acceptors (Lipinski definition) is 7. The van der Waals surface area contributed by atoms with E-state index in [0.29, 0.717) is 30.3 Å². The number of piperidine rings is 2. The van der Waals surface area contributed by atoms with Crippen molar-refractivity contribution in [2.75, 3.05) is 31.9 Å². The number of amides is 1. The second kappa shape index (κ2) is 11.1. The molecular weight excluding hydrogens is 544 g/mol. The number of alkyl halides is 2. The molecule has 4 N–H and O–H groups in total. The highest BCUT2D eigenvalue weighted by atomic mass is 35.5. The molecule has 0 aliphatic carbocycles. The summed E-state index contributed by atoms with van der Waals surface area (Å²) in [7, 11) is 0. The maximum absolute atomic E-state index is 15.5. The molecule has 40 heavy (non-hydrogen) atoms. The lowest BCUT2D eigenvalue weighted by Gasteiger charge is -2.46. The maximum atomic E-state index is 15.5. The molecule has 0 saturated carbocycles. The Kier molecular flexibility index (Phi) is 7.80. The lowest BCUT2D eigenvalue weighted by molar-refractivity contribution is -0.223. The van der Waals surface area contributed by atoms with Crippen molar-refractivity contribution >= 4 is 23.2 Å². The highest BCUT2D eigenvalue weighted by Gasteiger charge is 2.57. The van der Waals surface area contributed by atoms with Gasteiger partial charge in [-0.15, -0.1) is 0 Å². The fourth-order valence-electron chi connectivity index (χ4n) is 5.37. The van der Waals surface area contributed by atoms with E-state index in [2.05, 4.69) is 10.3 Å². The molecular formula is C28H30ClF2N5O4. The maximum Gasteiger partial charge on any atom is 0.295 e. The number of nitrogens with zero attached hydrogens (tertiary/aromatic N) is 3. The van der Waals surface area contributed by atoms with Crippen molar-refractivity contribution in [2.24, 2.45) is 5.92 Å². The average molecular weight is 574 g/mol. The van der Waals surface area contributed by atoms with Crippen LogP contribution < -0.4 is 21.3 Å². The van der Waals surface area contributed by atoms with Crippen LogP contribution in [0.4, 0.5) is 14.5 Å². The average Bonchev–Trinajstić information content (AvgIpc) is 2.95. The van der Waals surface area contributed by atoms with Crippen LogP contribution in [0.3, 0.4) is 0 Å². The second-order valence-corrected chi connectivity index (χ2v) is 10.8. The molecule has 0 bridgehead atoms. The molecule has 3 heterocycles. The van der Waals surface area contributed by atoms with Crippen LogP contribution in [0.2, 0.25) is 5.02 Å². The number of benzene rings is 2. The van der Waals surface area contributed by atoms with Gasteiger partial charge in [-0.2, -0.15) is 0 Å². The normalized spacial score (nSPS) is 24.4. The van der Waals surface area contributed by atoms with Crippen LogP contribution in [0.1, 0.15) is 24.3 Å². The van der Waals surface area contributed by atoms with E-state index in [0.717, 1.165) is 21.4 Å². The molecule has 0 spiro atoms. The number of nitrogens with one attached hydrogen (secondary N) is 1. The monoisotopic (exact) mass is 573 g/mol. The number of nitrogens with two attached hydrogens (primary N) is 1. The second-order valence-electron chi connectivity index (χ2n) is 10.3. The fourth-order valence-corrected chi connectivity index (χ4v) is 5.50. The van der Waals surface area contributed by atoms with Crippen molar-refractivity contribution in [1.29, 1.82) is 0 Å². The molecule has 3 atom stereocenters. The number of anilines is 1. The number of aromatic nitrogens is 2. The summed E-state index contributed by atoms with van der Waals surface area (Å²) in [6.07, 6.45) is 1.10. The van der Waals surface area contributed by atoms with Crippen molar-refractivity contribution in [3.8, 4) is 11.6 Å². The summed E-state index contributed by atoms with van der Waals surface area (Å²) in [5.41, 5.74) is 3.07. The van der Waals surface area contributed by atoms with Crippen molar-refractivity contribution in [1.82, 2.24) is 19.8 Å². The number of aliphatic hydroxyl groups is 1. The van der Waals surface area contributed by atoms with Crippen LogP contribution in [-0.4, -0.2) is 63.2 Å². The first kappa shape index (κ1) is 28.0. The van der Waals surface area contributed by atoms with E-state index in [9.17, 15) is 14.7 Å². The molecule has 2 aliphatic heterocycles. The molecule has 3 aromatic rings. The van der Waals surface area contributed by atoms with Crippen LogP contribution in [0.25, 0.3) is 0 Å². The predicted molar refractivity (Wildman–Crippen MR) is 146 cm³/mol. The number of halogens is 3. The Labute approximate surface area is 234 Å². The zero-order chi connectivity index (χ0) is 28.5. The van der Waals surface area contributed by atoms with Crippen molar-refractivity contribution in [2.45, 2.75) is 36.8 Å². The summed E-state index contributed by atoms with van der Waals surface area (Å²) in [5, 5.41) is 14.8. The Morgan fingerprint density at radius 1 is 1.20 bits per heavy atom. The van der Waals surface area contributed by atoms with Crippen LogP contribution in [-0.2, 0) is 11.3 Å². The van der Waals surface area contributed by atoms with Gasteiger partial charge in [0.1, 0.15) is 17.7 Å². The van der Waals surface area contributed by atoms with E-state index >= 15 is 8.78 Å². The van der Waals surface area contributed by atoms with E-state index in [-0.39, 0.29) is 24.2 Å². The topological polar surface area (TPSA) is 123 Å². The molecule has 2 aromatic carbocycles. The lowest BCUT2D eigenvalue weighted by Crippen LogP contribution is -2.64. The van der Waals surface area contributed by atoms with E-state index in [1.807, 2.05) is 30.3 Å². The van der Waals surface area contributed by atoms with Crippen LogP contribution in [0.5, 0.6) is 11.6 Å². The first-order chi connectivity index (χ1) is 19.1. The molecule has 1 aromatic heterocycles. The van der Waals surface area contributed by atoms with E-state index < -0.39 is 48.2 Å². The molecule has 2 fully saturated rings. The Morgan fingerprint density at radius 2 is 1.93 bits per heavy atom. The van der Waals surface area contributed by atoms with E-state index in [1.165, 1.54) is 0 Å². The van der Waals surface area contributed by atoms with E-state index in [4.69, 9.17) is 22.1 Å². The lowest BCUT2D eigenvalue weighted by atomic mass is 9.79. The number of carbonyl (C=O) groups excluding carboxylic acids is 1. The summed E-state index contributed by atoms with van der Waals surface area (Å²) in [5.74, 6) is -4.51. The number of nitrogen functional groups attached to an aromatic ring is 1. The minimum Gasteiger partial charge on any atom is -0.437 e. The van der Waals surface area contributed by atoms with Gasteiger partial charge in [0.15, 0.2) is 5.69 Å². The van der Waals surface area contributed by atoms with E-state index in [1.54, 1.807) is 24.3 Å².